The molecule has 0 aromatic carbocycles. The van der Waals surface area contributed by atoms with E-state index in [9.17, 15) is 26.5 Å². The molecular weight excluding hydrogens is 229 g/mol. The Morgan fingerprint density at radius 1 is 1.29 bits per heavy atom. The summed E-state index contributed by atoms with van der Waals surface area (Å²) in [5.74, 6) is 0. The minimum absolute atomic E-state index is 0. The predicted octanol–water partition coefficient (Wildman–Crippen LogP) is -1.97. The van der Waals surface area contributed by atoms with Gasteiger partial charge in [0.2, 0.25) is 0 Å². The first-order chi connectivity index (χ1) is 5.59. The second kappa shape index (κ2) is 8.25. The first kappa shape index (κ1) is 19.5. The Morgan fingerprint density at radius 3 is 1.50 bits per heavy atom. The largest absolute Gasteiger partial charge is 1.00 e. The topological polar surface area (TPSA) is 74.3 Å². The summed E-state index contributed by atoms with van der Waals surface area (Å²) < 4.78 is 49.7. The summed E-state index contributed by atoms with van der Waals surface area (Å²) in [6, 6.07) is 0. The van der Waals surface area contributed by atoms with E-state index in [0.29, 0.717) is 0 Å². The predicted molar refractivity (Wildman–Crippen MR) is 40.9 cm³/mol. The molecule has 4 nitrogen and oxygen atoms in total. The standard InChI is InChI=1S/C4H6O4S.C2H2F2.Na/c1-3(2)4(5)9(6,7)8;1-2(3)4;/h1H2,2H3,(H,6,7,8);1H2;/q;;+1/p-1. The fourth-order valence-electron chi connectivity index (χ4n) is 0.213. The Labute approximate surface area is 103 Å². The summed E-state index contributed by atoms with van der Waals surface area (Å²) in [7, 11) is -4.79. The van der Waals surface area contributed by atoms with Crippen molar-refractivity contribution in [3.05, 3.63) is 24.8 Å². The van der Waals surface area contributed by atoms with Crippen molar-refractivity contribution in [2.45, 2.75) is 6.92 Å². The van der Waals surface area contributed by atoms with Gasteiger partial charge in [-0.3, -0.25) is 4.79 Å². The second-order valence-electron chi connectivity index (χ2n) is 1.86. The summed E-state index contributed by atoms with van der Waals surface area (Å²) >= 11 is 0. The minimum Gasteiger partial charge on any atom is -0.742 e. The van der Waals surface area contributed by atoms with Gasteiger partial charge in [0.05, 0.1) is 0 Å². The quantitative estimate of drug-likeness (QED) is 0.301. The normalized spacial score (nSPS) is 8.86. The Morgan fingerprint density at radius 2 is 1.50 bits per heavy atom. The fraction of sp³-hybridized carbons (Fsp3) is 0.167. The Bertz CT molecular complexity index is 319. The van der Waals surface area contributed by atoms with E-state index in [1.54, 1.807) is 0 Å². The monoisotopic (exact) mass is 236 g/mol. The first-order valence-electron chi connectivity index (χ1n) is 2.74. The molecule has 0 saturated heterocycles. The molecule has 8 heteroatoms. The SMILES string of the molecule is C=C(C)C(=O)S(=O)(=O)[O-].C=C(F)F.[Na+]. The van der Waals surface area contributed by atoms with Crippen LogP contribution in [0.3, 0.4) is 0 Å². The van der Waals surface area contributed by atoms with Gasteiger partial charge in [-0.1, -0.05) is 6.58 Å². The average Bonchev–Trinajstić information content (AvgIpc) is 1.82. The molecule has 0 fully saturated rings. The summed E-state index contributed by atoms with van der Waals surface area (Å²) in [6.07, 6.45) is -1.83. The molecular formula is C6H7F2NaO4S. The molecule has 0 aliphatic rings. The second-order valence-corrected chi connectivity index (χ2v) is 3.14. The van der Waals surface area contributed by atoms with E-state index in [2.05, 4.69) is 13.2 Å². The molecule has 0 aliphatic carbocycles. The zero-order chi connectivity index (χ0) is 11.2. The van der Waals surface area contributed by atoms with E-state index in [1.807, 2.05) is 0 Å². The molecule has 0 heterocycles. The van der Waals surface area contributed by atoms with E-state index in [1.165, 1.54) is 0 Å². The molecule has 0 amide bonds. The molecule has 0 aromatic heterocycles. The van der Waals surface area contributed by atoms with Gasteiger partial charge >= 0.3 is 29.6 Å². The summed E-state index contributed by atoms with van der Waals surface area (Å²) in [5.41, 5.74) is -0.259. The van der Waals surface area contributed by atoms with Crippen molar-refractivity contribution in [2.24, 2.45) is 0 Å². The smallest absolute Gasteiger partial charge is 0.742 e. The van der Waals surface area contributed by atoms with Crippen molar-refractivity contribution in [2.75, 3.05) is 0 Å². The molecule has 0 rings (SSSR count). The van der Waals surface area contributed by atoms with Crippen LogP contribution >= 0.6 is 0 Å². The minimum atomic E-state index is -4.79. The van der Waals surface area contributed by atoms with Crippen molar-refractivity contribution >= 4 is 15.2 Å². The van der Waals surface area contributed by atoms with Crippen molar-refractivity contribution < 1.29 is 56.1 Å². The van der Waals surface area contributed by atoms with Crippen LogP contribution in [0.5, 0.6) is 0 Å². The van der Waals surface area contributed by atoms with E-state index in [0.717, 1.165) is 6.92 Å². The maximum absolute atomic E-state index is 10.2. The van der Waals surface area contributed by atoms with Crippen molar-refractivity contribution in [1.29, 1.82) is 0 Å². The molecule has 14 heavy (non-hydrogen) atoms. The first-order valence-corrected chi connectivity index (χ1v) is 4.15. The van der Waals surface area contributed by atoms with Crippen LogP contribution in [0.15, 0.2) is 24.8 Å². The fourth-order valence-corrected chi connectivity index (χ4v) is 0.640. The third kappa shape index (κ3) is 14.4. The van der Waals surface area contributed by atoms with E-state index in [4.69, 9.17) is 0 Å². The zero-order valence-electron chi connectivity index (χ0n) is 7.71. The number of carbonyl (C=O) groups excluding carboxylic acids is 1. The zero-order valence-corrected chi connectivity index (χ0v) is 10.5. The van der Waals surface area contributed by atoms with Crippen LogP contribution in [0.25, 0.3) is 0 Å². The van der Waals surface area contributed by atoms with Crippen molar-refractivity contribution in [3.63, 3.8) is 0 Å². The van der Waals surface area contributed by atoms with Gasteiger partial charge in [0, 0.05) is 0 Å². The van der Waals surface area contributed by atoms with Crippen LogP contribution in [-0.2, 0) is 14.9 Å². The number of hydrogen-bond acceptors (Lipinski definition) is 4. The molecule has 0 saturated carbocycles. The number of carbonyl (C=O) groups is 1. The van der Waals surface area contributed by atoms with Crippen molar-refractivity contribution in [1.82, 2.24) is 0 Å². The molecule has 0 bridgehead atoms. The van der Waals surface area contributed by atoms with Gasteiger partial charge in [0.25, 0.3) is 11.2 Å². The van der Waals surface area contributed by atoms with Gasteiger partial charge in [-0.05, 0) is 19.1 Å². The van der Waals surface area contributed by atoms with Crippen LogP contribution in [0.4, 0.5) is 8.78 Å². The third-order valence-corrected chi connectivity index (χ3v) is 1.38. The van der Waals surface area contributed by atoms with Gasteiger partial charge in [-0.25, -0.2) is 8.42 Å². The van der Waals surface area contributed by atoms with Crippen LogP contribution < -0.4 is 29.6 Å². The van der Waals surface area contributed by atoms with Crippen LogP contribution in [0.2, 0.25) is 0 Å². The molecule has 0 aromatic rings. The number of hydrogen-bond donors (Lipinski definition) is 0. The third-order valence-electron chi connectivity index (χ3n) is 0.576. The summed E-state index contributed by atoms with van der Waals surface area (Å²) in [6.45, 7) is 6.38. The maximum Gasteiger partial charge on any atom is 1.00 e. The van der Waals surface area contributed by atoms with Gasteiger partial charge in [0.15, 0.2) is 10.1 Å². The molecule has 0 atom stereocenters. The molecule has 0 N–H and O–H groups in total. The molecule has 76 valence electrons. The van der Waals surface area contributed by atoms with Gasteiger partial charge in [0.1, 0.15) is 0 Å². The van der Waals surface area contributed by atoms with E-state index < -0.39 is 21.3 Å². The Kier molecular flexibility index (Phi) is 11.5. The summed E-state index contributed by atoms with van der Waals surface area (Å²) in [4.78, 5) is 10.2. The molecule has 0 radical (unpaired) electrons. The van der Waals surface area contributed by atoms with Gasteiger partial charge in [-0.2, -0.15) is 8.78 Å². The van der Waals surface area contributed by atoms with Gasteiger partial charge in [-0.15, -0.1) is 0 Å². The average molecular weight is 236 g/mol. The molecule has 0 spiro atoms. The van der Waals surface area contributed by atoms with Crippen LogP contribution in [-0.4, -0.2) is 18.1 Å². The molecule has 0 unspecified atom stereocenters. The summed E-state index contributed by atoms with van der Waals surface area (Å²) in [5, 5.41) is -1.44. The molecule has 0 aliphatic heterocycles. The van der Waals surface area contributed by atoms with E-state index in [-0.39, 0.29) is 35.1 Å². The Balaban J connectivity index is -0.000000209. The van der Waals surface area contributed by atoms with E-state index >= 15 is 0 Å². The van der Waals surface area contributed by atoms with Gasteiger partial charge < -0.3 is 4.55 Å². The van der Waals surface area contributed by atoms with Crippen LogP contribution in [0.1, 0.15) is 6.92 Å². The number of rotatable bonds is 1. The Hall–Kier alpha value is -0.0800. The number of halogens is 2. The maximum atomic E-state index is 10.2. The van der Waals surface area contributed by atoms with Crippen molar-refractivity contribution in [3.8, 4) is 0 Å². The van der Waals surface area contributed by atoms with Crippen LogP contribution in [0, 0.1) is 0 Å².